The highest BCUT2D eigenvalue weighted by Gasteiger charge is 2.31. The van der Waals surface area contributed by atoms with Crippen molar-refractivity contribution in [3.8, 4) is 0 Å². The Kier molecular flexibility index (Phi) is 7.44. The van der Waals surface area contributed by atoms with Crippen LogP contribution in [-0.4, -0.2) is 87.1 Å². The summed E-state index contributed by atoms with van der Waals surface area (Å²) in [6.07, 6.45) is 4.25. The quantitative estimate of drug-likeness (QED) is 0.637. The van der Waals surface area contributed by atoms with Crippen molar-refractivity contribution in [2.45, 2.75) is 46.6 Å². The first kappa shape index (κ1) is 23.6. The Morgan fingerprint density at radius 2 is 1.78 bits per heavy atom. The lowest BCUT2D eigenvalue weighted by Gasteiger charge is -2.34. The number of aromatic nitrogens is 2. The van der Waals surface area contributed by atoms with Gasteiger partial charge in [0.15, 0.2) is 0 Å². The SMILES string of the molecule is CC(=O)N1CCN(CCCn2cnc(/C=C3\NC(=O)CN(C(C)=O)C3=O)c2C(C)C)CC1. The molecule has 3 rings (SSSR count). The van der Waals surface area contributed by atoms with Gasteiger partial charge in [-0.05, 0) is 25.0 Å². The maximum Gasteiger partial charge on any atom is 0.277 e. The topological polar surface area (TPSA) is 108 Å². The summed E-state index contributed by atoms with van der Waals surface area (Å²) in [6.45, 7) is 11.7. The standard InChI is InChI=1S/C22H32N6O4/c1-15(2)21-18(12-19-22(32)28(17(4)30)13-20(31)24-19)23-14-27(21)7-5-6-25-8-10-26(11-9-25)16(3)29/h12,14-15H,5-11,13H2,1-4H3,(H,24,31)/b19-12-. The fourth-order valence-corrected chi connectivity index (χ4v) is 4.17. The highest BCUT2D eigenvalue weighted by molar-refractivity contribution is 6.12. The minimum Gasteiger partial charge on any atom is -0.340 e. The van der Waals surface area contributed by atoms with Crippen LogP contribution in [0.3, 0.4) is 0 Å². The second-order valence-corrected chi connectivity index (χ2v) is 8.58. The molecule has 10 heteroatoms. The number of carbonyl (C=O) groups excluding carboxylic acids is 4. The molecule has 2 saturated heterocycles. The number of nitrogens with zero attached hydrogens (tertiary/aromatic N) is 5. The average molecular weight is 445 g/mol. The van der Waals surface area contributed by atoms with Crippen molar-refractivity contribution in [2.75, 3.05) is 39.3 Å². The maximum atomic E-state index is 12.6. The third-order valence-corrected chi connectivity index (χ3v) is 5.86. The van der Waals surface area contributed by atoms with E-state index in [2.05, 4.69) is 33.6 Å². The van der Waals surface area contributed by atoms with Crippen LogP contribution >= 0.6 is 0 Å². The number of hydrogen-bond donors (Lipinski definition) is 1. The molecule has 0 bridgehead atoms. The summed E-state index contributed by atoms with van der Waals surface area (Å²) in [5, 5.41) is 2.57. The summed E-state index contributed by atoms with van der Waals surface area (Å²) in [5.74, 6) is -1.10. The normalized spacial score (nSPS) is 19.1. The van der Waals surface area contributed by atoms with Crippen LogP contribution in [0.2, 0.25) is 0 Å². The number of piperazine rings is 2. The molecular formula is C22H32N6O4. The minimum atomic E-state index is -0.522. The number of amides is 4. The van der Waals surface area contributed by atoms with Crippen molar-refractivity contribution in [2.24, 2.45) is 0 Å². The number of carbonyl (C=O) groups is 4. The van der Waals surface area contributed by atoms with E-state index in [1.54, 1.807) is 19.3 Å². The Bertz CT molecular complexity index is 927. The van der Waals surface area contributed by atoms with E-state index < -0.39 is 17.7 Å². The molecule has 4 amide bonds. The van der Waals surface area contributed by atoms with E-state index in [0.717, 1.165) is 56.3 Å². The third-order valence-electron chi connectivity index (χ3n) is 5.86. The van der Waals surface area contributed by atoms with E-state index >= 15 is 0 Å². The van der Waals surface area contributed by atoms with Crippen LogP contribution in [0.1, 0.15) is 51.4 Å². The van der Waals surface area contributed by atoms with Crippen molar-refractivity contribution >= 4 is 29.7 Å². The van der Waals surface area contributed by atoms with Gasteiger partial charge in [0.25, 0.3) is 5.91 Å². The van der Waals surface area contributed by atoms with Crippen LogP contribution < -0.4 is 5.32 Å². The van der Waals surface area contributed by atoms with Crippen LogP contribution in [0.25, 0.3) is 6.08 Å². The largest absolute Gasteiger partial charge is 0.340 e. The van der Waals surface area contributed by atoms with E-state index in [4.69, 9.17) is 0 Å². The predicted molar refractivity (Wildman–Crippen MR) is 118 cm³/mol. The second-order valence-electron chi connectivity index (χ2n) is 8.58. The zero-order chi connectivity index (χ0) is 23.4. The predicted octanol–water partition coefficient (Wildman–Crippen LogP) is 0.407. The molecule has 0 saturated carbocycles. The number of imidazole rings is 1. The molecule has 0 radical (unpaired) electrons. The van der Waals surface area contributed by atoms with Gasteiger partial charge < -0.3 is 14.8 Å². The Hall–Kier alpha value is -3.01. The summed E-state index contributed by atoms with van der Waals surface area (Å²) in [4.78, 5) is 57.3. The van der Waals surface area contributed by atoms with Gasteiger partial charge in [-0.15, -0.1) is 0 Å². The molecule has 1 N–H and O–H groups in total. The number of rotatable bonds is 6. The van der Waals surface area contributed by atoms with E-state index in [9.17, 15) is 19.2 Å². The lowest BCUT2D eigenvalue weighted by molar-refractivity contribution is -0.147. The number of nitrogens with one attached hydrogen (secondary N) is 1. The van der Waals surface area contributed by atoms with Crippen LogP contribution in [0.5, 0.6) is 0 Å². The van der Waals surface area contributed by atoms with Gasteiger partial charge in [-0.3, -0.25) is 29.0 Å². The highest BCUT2D eigenvalue weighted by Crippen LogP contribution is 2.22. The van der Waals surface area contributed by atoms with Gasteiger partial charge in [-0.1, -0.05) is 13.8 Å². The van der Waals surface area contributed by atoms with Gasteiger partial charge in [0.1, 0.15) is 12.2 Å². The summed E-state index contributed by atoms with van der Waals surface area (Å²) in [6, 6.07) is 0. The smallest absolute Gasteiger partial charge is 0.277 e. The van der Waals surface area contributed by atoms with Crippen molar-refractivity contribution < 1.29 is 19.2 Å². The molecule has 3 heterocycles. The Balaban J connectivity index is 1.67. The van der Waals surface area contributed by atoms with Gasteiger partial charge in [0.2, 0.25) is 17.7 Å². The van der Waals surface area contributed by atoms with Crippen molar-refractivity contribution in [1.29, 1.82) is 0 Å². The first-order chi connectivity index (χ1) is 15.2. The first-order valence-electron chi connectivity index (χ1n) is 11.0. The van der Waals surface area contributed by atoms with Crippen LogP contribution in [0.15, 0.2) is 12.0 Å². The summed E-state index contributed by atoms with van der Waals surface area (Å²) in [7, 11) is 0. The number of aryl methyl sites for hydroxylation is 1. The summed E-state index contributed by atoms with van der Waals surface area (Å²) < 4.78 is 2.08. The number of imide groups is 1. The molecule has 0 spiro atoms. The lowest BCUT2D eigenvalue weighted by atomic mass is 10.1. The fourth-order valence-electron chi connectivity index (χ4n) is 4.17. The van der Waals surface area contributed by atoms with Crippen LogP contribution in [0, 0.1) is 0 Å². The molecule has 1 aromatic heterocycles. The van der Waals surface area contributed by atoms with Gasteiger partial charge in [-0.25, -0.2) is 4.98 Å². The molecule has 2 aliphatic heterocycles. The van der Waals surface area contributed by atoms with Crippen molar-refractivity contribution in [3.05, 3.63) is 23.4 Å². The summed E-state index contributed by atoms with van der Waals surface area (Å²) in [5.41, 5.74) is 1.65. The zero-order valence-corrected chi connectivity index (χ0v) is 19.3. The van der Waals surface area contributed by atoms with Crippen molar-refractivity contribution in [3.63, 3.8) is 0 Å². The zero-order valence-electron chi connectivity index (χ0n) is 19.3. The van der Waals surface area contributed by atoms with E-state index in [0.29, 0.717) is 5.69 Å². The number of hydrogen-bond acceptors (Lipinski definition) is 6. The van der Waals surface area contributed by atoms with E-state index in [-0.39, 0.29) is 24.1 Å². The third kappa shape index (κ3) is 5.42. The maximum absolute atomic E-state index is 12.6. The molecule has 1 aromatic rings. The van der Waals surface area contributed by atoms with Crippen LogP contribution in [-0.2, 0) is 25.7 Å². The molecule has 0 atom stereocenters. The second kappa shape index (κ2) is 10.1. The molecular weight excluding hydrogens is 412 g/mol. The van der Waals surface area contributed by atoms with Gasteiger partial charge in [-0.2, -0.15) is 0 Å². The molecule has 2 aliphatic rings. The highest BCUT2D eigenvalue weighted by atomic mass is 16.2. The Labute approximate surface area is 188 Å². The monoisotopic (exact) mass is 444 g/mol. The molecule has 0 aliphatic carbocycles. The summed E-state index contributed by atoms with van der Waals surface area (Å²) >= 11 is 0. The molecule has 32 heavy (non-hydrogen) atoms. The lowest BCUT2D eigenvalue weighted by Crippen LogP contribution is -2.51. The molecule has 2 fully saturated rings. The molecule has 10 nitrogen and oxygen atoms in total. The minimum absolute atomic E-state index is 0.0620. The molecule has 0 unspecified atom stereocenters. The van der Waals surface area contributed by atoms with Gasteiger partial charge >= 0.3 is 0 Å². The van der Waals surface area contributed by atoms with E-state index in [1.165, 1.54) is 6.92 Å². The Morgan fingerprint density at radius 3 is 2.38 bits per heavy atom. The first-order valence-corrected chi connectivity index (χ1v) is 11.0. The Morgan fingerprint density at radius 1 is 1.09 bits per heavy atom. The van der Waals surface area contributed by atoms with Gasteiger partial charge in [0.05, 0.1) is 12.0 Å². The van der Waals surface area contributed by atoms with Crippen molar-refractivity contribution in [1.82, 2.24) is 29.6 Å². The fraction of sp³-hybridized carbons (Fsp3) is 0.591. The van der Waals surface area contributed by atoms with E-state index in [1.807, 2.05) is 4.90 Å². The average Bonchev–Trinajstić information content (AvgIpc) is 3.13. The van der Waals surface area contributed by atoms with Gasteiger partial charge in [0, 0.05) is 52.3 Å². The molecule has 0 aromatic carbocycles. The van der Waals surface area contributed by atoms with Crippen LogP contribution in [0.4, 0.5) is 0 Å². The molecule has 174 valence electrons.